The van der Waals surface area contributed by atoms with Crippen molar-refractivity contribution in [1.29, 1.82) is 0 Å². The molecule has 114 valence electrons. The fourth-order valence-electron chi connectivity index (χ4n) is 1.90. The summed E-state index contributed by atoms with van der Waals surface area (Å²) in [5, 5.41) is 9.98. The molecular formula is C17H16BrNO3. The summed E-state index contributed by atoms with van der Waals surface area (Å²) in [4.78, 5) is 15.9. The second kappa shape index (κ2) is 7.22. The predicted molar refractivity (Wildman–Crippen MR) is 90.2 cm³/mol. The number of benzene rings is 2. The van der Waals surface area contributed by atoms with Crippen molar-refractivity contribution in [3.63, 3.8) is 0 Å². The maximum absolute atomic E-state index is 11.6. The van der Waals surface area contributed by atoms with Crippen LogP contribution in [0, 0.1) is 6.92 Å². The summed E-state index contributed by atoms with van der Waals surface area (Å²) >= 11 is 3.30. The molecule has 2 rings (SSSR count). The topological polar surface area (TPSA) is 58.9 Å². The molecule has 2 aromatic carbocycles. The van der Waals surface area contributed by atoms with Gasteiger partial charge in [-0.15, -0.1) is 0 Å². The summed E-state index contributed by atoms with van der Waals surface area (Å²) in [6.07, 6.45) is 1.59. The van der Waals surface area contributed by atoms with Crippen LogP contribution < -0.4 is 0 Å². The highest BCUT2D eigenvalue weighted by molar-refractivity contribution is 9.10. The number of phenolic OH excluding ortho intramolecular Hbond substituents is 1. The normalized spacial score (nSPS) is 10.9. The molecule has 0 aromatic heterocycles. The van der Waals surface area contributed by atoms with Crippen molar-refractivity contribution >= 4 is 33.8 Å². The molecule has 5 heteroatoms. The Bertz CT molecular complexity index is 709. The van der Waals surface area contributed by atoms with E-state index in [0.29, 0.717) is 27.9 Å². The number of phenols is 1. The van der Waals surface area contributed by atoms with Gasteiger partial charge >= 0.3 is 5.97 Å². The molecule has 0 amide bonds. The standard InChI is InChI=1S/C17H16BrNO3/c1-3-22-17(21)12-4-6-14(7-5-12)19-10-13-8-11(2)9-15(18)16(13)20/h4-10,20H,3H2,1-2H3. The third kappa shape index (κ3) is 3.95. The smallest absolute Gasteiger partial charge is 0.338 e. The molecule has 22 heavy (non-hydrogen) atoms. The Kier molecular flexibility index (Phi) is 5.33. The number of halogens is 1. The van der Waals surface area contributed by atoms with Crippen LogP contribution in [0.5, 0.6) is 5.75 Å². The monoisotopic (exact) mass is 361 g/mol. The average molecular weight is 362 g/mol. The Morgan fingerprint density at radius 2 is 2.00 bits per heavy atom. The number of nitrogens with zero attached hydrogens (tertiary/aromatic N) is 1. The van der Waals surface area contributed by atoms with Crippen LogP contribution >= 0.6 is 15.9 Å². The molecule has 0 aliphatic carbocycles. The largest absolute Gasteiger partial charge is 0.506 e. The van der Waals surface area contributed by atoms with Crippen molar-refractivity contribution in [1.82, 2.24) is 0 Å². The molecule has 0 fully saturated rings. The minimum atomic E-state index is -0.349. The average Bonchev–Trinajstić information content (AvgIpc) is 2.50. The van der Waals surface area contributed by atoms with Gasteiger partial charge in [-0.25, -0.2) is 4.79 Å². The number of esters is 1. The SMILES string of the molecule is CCOC(=O)c1ccc(N=Cc2cc(C)cc(Br)c2O)cc1. The van der Waals surface area contributed by atoms with Crippen molar-refractivity contribution in [2.45, 2.75) is 13.8 Å². The number of aryl methyl sites for hydroxylation is 1. The van der Waals surface area contributed by atoms with Gasteiger partial charge in [0.15, 0.2) is 0 Å². The van der Waals surface area contributed by atoms with Crippen LogP contribution in [0.2, 0.25) is 0 Å². The van der Waals surface area contributed by atoms with Gasteiger partial charge in [0.1, 0.15) is 5.75 Å². The molecule has 2 aromatic rings. The maximum Gasteiger partial charge on any atom is 0.338 e. The first kappa shape index (κ1) is 16.2. The van der Waals surface area contributed by atoms with Gasteiger partial charge in [-0.05, 0) is 71.7 Å². The van der Waals surface area contributed by atoms with Crippen LogP contribution in [0.1, 0.15) is 28.4 Å². The Labute approximate surface area is 137 Å². The van der Waals surface area contributed by atoms with Crippen molar-refractivity contribution < 1.29 is 14.6 Å². The van der Waals surface area contributed by atoms with E-state index in [1.54, 1.807) is 37.4 Å². The Morgan fingerprint density at radius 1 is 1.32 bits per heavy atom. The molecule has 0 heterocycles. The Balaban J connectivity index is 2.19. The molecule has 4 nitrogen and oxygen atoms in total. The van der Waals surface area contributed by atoms with E-state index in [1.165, 1.54) is 0 Å². The number of hydrogen-bond donors (Lipinski definition) is 1. The predicted octanol–water partition coefficient (Wildman–Crippen LogP) is 4.39. The summed E-state index contributed by atoms with van der Waals surface area (Å²) < 4.78 is 5.55. The van der Waals surface area contributed by atoms with E-state index >= 15 is 0 Å². The minimum Gasteiger partial charge on any atom is -0.506 e. The molecule has 0 saturated heterocycles. The van der Waals surface area contributed by atoms with Crippen LogP contribution in [0.15, 0.2) is 45.9 Å². The summed E-state index contributed by atoms with van der Waals surface area (Å²) in [7, 11) is 0. The summed E-state index contributed by atoms with van der Waals surface area (Å²) in [5.41, 5.74) is 2.82. The molecule has 0 spiro atoms. The van der Waals surface area contributed by atoms with E-state index in [-0.39, 0.29) is 11.7 Å². The molecule has 0 unspecified atom stereocenters. The molecule has 0 atom stereocenters. The van der Waals surface area contributed by atoms with E-state index < -0.39 is 0 Å². The zero-order valence-corrected chi connectivity index (χ0v) is 13.9. The molecule has 0 radical (unpaired) electrons. The highest BCUT2D eigenvalue weighted by Gasteiger charge is 2.06. The van der Waals surface area contributed by atoms with E-state index in [1.807, 2.05) is 19.1 Å². The van der Waals surface area contributed by atoms with Gasteiger partial charge in [0.25, 0.3) is 0 Å². The molecular weight excluding hydrogens is 346 g/mol. The van der Waals surface area contributed by atoms with Crippen molar-refractivity contribution in [3.8, 4) is 5.75 Å². The summed E-state index contributed by atoms with van der Waals surface area (Å²) in [5.74, 6) is -0.198. The van der Waals surface area contributed by atoms with Crippen LogP contribution in [-0.4, -0.2) is 23.9 Å². The lowest BCUT2D eigenvalue weighted by Gasteiger charge is -2.04. The lowest BCUT2D eigenvalue weighted by Crippen LogP contribution is -2.03. The van der Waals surface area contributed by atoms with Crippen LogP contribution in [0.3, 0.4) is 0 Å². The fraction of sp³-hybridized carbons (Fsp3) is 0.176. The quantitative estimate of drug-likeness (QED) is 0.648. The van der Waals surface area contributed by atoms with Gasteiger partial charge in [0.05, 0.1) is 22.3 Å². The van der Waals surface area contributed by atoms with Crippen LogP contribution in [0.25, 0.3) is 0 Å². The van der Waals surface area contributed by atoms with Crippen LogP contribution in [0.4, 0.5) is 5.69 Å². The van der Waals surface area contributed by atoms with Gasteiger partial charge in [-0.2, -0.15) is 0 Å². The zero-order chi connectivity index (χ0) is 16.1. The Morgan fingerprint density at radius 3 is 2.64 bits per heavy atom. The van der Waals surface area contributed by atoms with Crippen LogP contribution in [-0.2, 0) is 4.74 Å². The third-order valence-electron chi connectivity index (χ3n) is 2.97. The first-order chi connectivity index (χ1) is 10.5. The minimum absolute atomic E-state index is 0.150. The van der Waals surface area contributed by atoms with Crippen molar-refractivity contribution in [2.24, 2.45) is 4.99 Å². The zero-order valence-electron chi connectivity index (χ0n) is 12.3. The number of hydrogen-bond acceptors (Lipinski definition) is 4. The number of ether oxygens (including phenoxy) is 1. The number of carbonyl (C=O) groups excluding carboxylic acids is 1. The lowest BCUT2D eigenvalue weighted by atomic mass is 10.1. The number of carbonyl (C=O) groups is 1. The second-order valence-electron chi connectivity index (χ2n) is 4.71. The van der Waals surface area contributed by atoms with Gasteiger partial charge in [-0.1, -0.05) is 0 Å². The molecule has 0 aliphatic heterocycles. The maximum atomic E-state index is 11.6. The lowest BCUT2D eigenvalue weighted by molar-refractivity contribution is 0.0526. The molecule has 1 N–H and O–H groups in total. The fourth-order valence-corrected chi connectivity index (χ4v) is 2.49. The Hall–Kier alpha value is -2.14. The third-order valence-corrected chi connectivity index (χ3v) is 3.57. The number of rotatable bonds is 4. The van der Waals surface area contributed by atoms with E-state index in [4.69, 9.17) is 4.74 Å². The van der Waals surface area contributed by atoms with Gasteiger partial charge in [-0.3, -0.25) is 4.99 Å². The highest BCUT2D eigenvalue weighted by atomic mass is 79.9. The second-order valence-corrected chi connectivity index (χ2v) is 5.56. The number of aromatic hydroxyl groups is 1. The molecule has 0 aliphatic rings. The first-order valence-corrected chi connectivity index (χ1v) is 7.61. The van der Waals surface area contributed by atoms with E-state index in [2.05, 4.69) is 20.9 Å². The van der Waals surface area contributed by atoms with Gasteiger partial charge in [0, 0.05) is 11.8 Å². The molecule has 0 bridgehead atoms. The highest BCUT2D eigenvalue weighted by Crippen LogP contribution is 2.28. The first-order valence-electron chi connectivity index (χ1n) is 6.81. The van der Waals surface area contributed by atoms with E-state index in [0.717, 1.165) is 5.56 Å². The van der Waals surface area contributed by atoms with Crippen molar-refractivity contribution in [2.75, 3.05) is 6.61 Å². The summed E-state index contributed by atoms with van der Waals surface area (Å²) in [6, 6.07) is 10.5. The molecule has 0 saturated carbocycles. The van der Waals surface area contributed by atoms with Gasteiger partial charge < -0.3 is 9.84 Å². The van der Waals surface area contributed by atoms with Crippen molar-refractivity contribution in [3.05, 3.63) is 57.6 Å². The van der Waals surface area contributed by atoms with Gasteiger partial charge in [0.2, 0.25) is 0 Å². The summed E-state index contributed by atoms with van der Waals surface area (Å²) in [6.45, 7) is 4.05. The van der Waals surface area contributed by atoms with E-state index in [9.17, 15) is 9.90 Å². The number of aliphatic imine (C=N–C) groups is 1.